The third-order valence-corrected chi connectivity index (χ3v) is 2.44. The predicted molar refractivity (Wildman–Crippen MR) is 61.5 cm³/mol. The van der Waals surface area contributed by atoms with Gasteiger partial charge in [-0.2, -0.15) is 0 Å². The van der Waals surface area contributed by atoms with Gasteiger partial charge in [0.1, 0.15) is 11.6 Å². The second-order valence-electron chi connectivity index (χ2n) is 3.54. The summed E-state index contributed by atoms with van der Waals surface area (Å²) < 4.78 is 18.2. The van der Waals surface area contributed by atoms with Crippen molar-refractivity contribution in [3.63, 3.8) is 0 Å². The molecule has 2 aromatic rings. The molecule has 0 aliphatic carbocycles. The van der Waals surface area contributed by atoms with E-state index in [4.69, 9.17) is 4.42 Å². The smallest absolute Gasteiger partial charge is 0.125 e. The van der Waals surface area contributed by atoms with Gasteiger partial charge >= 0.3 is 0 Å². The Kier molecular flexibility index (Phi) is 3.37. The highest BCUT2D eigenvalue weighted by atomic mass is 19.1. The van der Waals surface area contributed by atoms with E-state index in [1.807, 2.05) is 13.0 Å². The van der Waals surface area contributed by atoms with Crippen molar-refractivity contribution < 1.29 is 8.81 Å². The normalized spacial score (nSPS) is 10.6. The molecule has 0 aliphatic heterocycles. The van der Waals surface area contributed by atoms with Gasteiger partial charge in [-0.1, -0.05) is 19.1 Å². The minimum absolute atomic E-state index is 0.222. The molecule has 0 fully saturated rings. The highest BCUT2D eigenvalue weighted by Crippen LogP contribution is 2.24. The van der Waals surface area contributed by atoms with Gasteiger partial charge in [-0.3, -0.25) is 0 Å². The number of hydrogen-bond acceptors (Lipinski definition) is 2. The van der Waals surface area contributed by atoms with Gasteiger partial charge in [0.25, 0.3) is 0 Å². The van der Waals surface area contributed by atoms with Crippen molar-refractivity contribution in [3.05, 3.63) is 48.2 Å². The molecule has 0 radical (unpaired) electrons. The van der Waals surface area contributed by atoms with E-state index in [9.17, 15) is 4.39 Å². The van der Waals surface area contributed by atoms with E-state index in [0.717, 1.165) is 23.4 Å². The van der Waals surface area contributed by atoms with E-state index in [2.05, 4.69) is 5.32 Å². The maximum atomic E-state index is 12.8. The first-order chi connectivity index (χ1) is 7.81. The van der Waals surface area contributed by atoms with Crippen LogP contribution in [-0.2, 0) is 6.54 Å². The molecule has 1 heterocycles. The fraction of sp³-hybridized carbons (Fsp3) is 0.231. The Morgan fingerprint density at radius 3 is 2.62 bits per heavy atom. The van der Waals surface area contributed by atoms with Crippen LogP contribution in [0.25, 0.3) is 11.1 Å². The van der Waals surface area contributed by atoms with Gasteiger partial charge in [-0.15, -0.1) is 0 Å². The molecule has 0 spiro atoms. The van der Waals surface area contributed by atoms with Crippen LogP contribution in [0.4, 0.5) is 4.39 Å². The standard InChI is InChI=1S/C13H14FNO/c1-2-15-9-13-12(7-8-16-13)10-3-5-11(14)6-4-10/h3-8,15H,2,9H2,1H3. The van der Waals surface area contributed by atoms with Crippen LogP contribution in [-0.4, -0.2) is 6.54 Å². The zero-order valence-electron chi connectivity index (χ0n) is 9.16. The van der Waals surface area contributed by atoms with Gasteiger partial charge < -0.3 is 9.73 Å². The number of halogens is 1. The molecule has 0 unspecified atom stereocenters. The SMILES string of the molecule is CCNCc1occc1-c1ccc(F)cc1. The molecule has 0 amide bonds. The third-order valence-electron chi connectivity index (χ3n) is 2.44. The van der Waals surface area contributed by atoms with Gasteiger partial charge in [-0.05, 0) is 30.3 Å². The summed E-state index contributed by atoms with van der Waals surface area (Å²) in [6.07, 6.45) is 1.66. The molecule has 0 bridgehead atoms. The topological polar surface area (TPSA) is 25.2 Å². The summed E-state index contributed by atoms with van der Waals surface area (Å²) in [7, 11) is 0. The maximum absolute atomic E-state index is 12.8. The minimum atomic E-state index is -0.222. The van der Waals surface area contributed by atoms with Crippen LogP contribution >= 0.6 is 0 Å². The Labute approximate surface area is 94.1 Å². The molecule has 84 valence electrons. The van der Waals surface area contributed by atoms with Gasteiger partial charge in [0.2, 0.25) is 0 Å². The van der Waals surface area contributed by atoms with Crippen LogP contribution in [0.1, 0.15) is 12.7 Å². The van der Waals surface area contributed by atoms with Gasteiger partial charge in [0, 0.05) is 5.56 Å². The molecule has 1 N–H and O–H groups in total. The summed E-state index contributed by atoms with van der Waals surface area (Å²) in [5, 5.41) is 3.20. The highest BCUT2D eigenvalue weighted by Gasteiger charge is 2.07. The minimum Gasteiger partial charge on any atom is -0.467 e. The lowest BCUT2D eigenvalue weighted by atomic mass is 10.1. The lowest BCUT2D eigenvalue weighted by Gasteiger charge is -2.03. The van der Waals surface area contributed by atoms with Crippen molar-refractivity contribution >= 4 is 0 Å². The quantitative estimate of drug-likeness (QED) is 0.854. The van der Waals surface area contributed by atoms with Crippen molar-refractivity contribution in [1.29, 1.82) is 0 Å². The Morgan fingerprint density at radius 1 is 1.19 bits per heavy atom. The molecule has 1 aromatic carbocycles. The number of nitrogens with one attached hydrogen (secondary N) is 1. The Bertz CT molecular complexity index is 447. The largest absolute Gasteiger partial charge is 0.467 e. The summed E-state index contributed by atoms with van der Waals surface area (Å²) in [6.45, 7) is 3.63. The molecule has 3 heteroatoms. The molecule has 0 saturated carbocycles. The summed E-state index contributed by atoms with van der Waals surface area (Å²) in [5.74, 6) is 0.661. The van der Waals surface area contributed by atoms with Crippen LogP contribution in [0.5, 0.6) is 0 Å². The first kappa shape index (κ1) is 10.9. The second-order valence-corrected chi connectivity index (χ2v) is 3.54. The average Bonchev–Trinajstić information content (AvgIpc) is 2.75. The summed E-state index contributed by atoms with van der Waals surface area (Å²) in [4.78, 5) is 0. The molecular formula is C13H14FNO. The van der Waals surface area contributed by atoms with Crippen LogP contribution < -0.4 is 5.32 Å². The second kappa shape index (κ2) is 4.94. The maximum Gasteiger partial charge on any atom is 0.125 e. The fourth-order valence-corrected chi connectivity index (χ4v) is 1.60. The van der Waals surface area contributed by atoms with E-state index in [-0.39, 0.29) is 5.82 Å². The van der Waals surface area contributed by atoms with E-state index in [0.29, 0.717) is 6.54 Å². The predicted octanol–water partition coefficient (Wildman–Crippen LogP) is 3.20. The molecule has 2 rings (SSSR count). The van der Waals surface area contributed by atoms with E-state index >= 15 is 0 Å². The summed E-state index contributed by atoms with van der Waals surface area (Å²) >= 11 is 0. The van der Waals surface area contributed by atoms with E-state index < -0.39 is 0 Å². The van der Waals surface area contributed by atoms with Crippen LogP contribution in [0.15, 0.2) is 41.0 Å². The van der Waals surface area contributed by atoms with Crippen molar-refractivity contribution in [2.24, 2.45) is 0 Å². The molecule has 1 aromatic heterocycles. The van der Waals surface area contributed by atoms with E-state index in [1.54, 1.807) is 18.4 Å². The zero-order valence-corrected chi connectivity index (χ0v) is 9.16. The highest BCUT2D eigenvalue weighted by molar-refractivity contribution is 5.65. The van der Waals surface area contributed by atoms with E-state index in [1.165, 1.54) is 12.1 Å². The van der Waals surface area contributed by atoms with Crippen LogP contribution in [0, 0.1) is 5.82 Å². The molecule has 2 nitrogen and oxygen atoms in total. The average molecular weight is 219 g/mol. The van der Waals surface area contributed by atoms with Crippen LogP contribution in [0.2, 0.25) is 0 Å². The number of rotatable bonds is 4. The fourth-order valence-electron chi connectivity index (χ4n) is 1.60. The first-order valence-electron chi connectivity index (χ1n) is 5.34. The first-order valence-corrected chi connectivity index (χ1v) is 5.34. The Hall–Kier alpha value is -1.61. The molecule has 0 saturated heterocycles. The van der Waals surface area contributed by atoms with Crippen molar-refractivity contribution in [2.75, 3.05) is 6.54 Å². The van der Waals surface area contributed by atoms with Crippen molar-refractivity contribution in [3.8, 4) is 11.1 Å². The van der Waals surface area contributed by atoms with Crippen molar-refractivity contribution in [2.45, 2.75) is 13.5 Å². The zero-order chi connectivity index (χ0) is 11.4. The summed E-state index contributed by atoms with van der Waals surface area (Å²) in [5.41, 5.74) is 1.99. The monoisotopic (exact) mass is 219 g/mol. The molecule has 0 aliphatic rings. The Balaban J connectivity index is 2.26. The lowest BCUT2D eigenvalue weighted by molar-refractivity contribution is 0.489. The lowest BCUT2D eigenvalue weighted by Crippen LogP contribution is -2.11. The Morgan fingerprint density at radius 2 is 1.94 bits per heavy atom. The third kappa shape index (κ3) is 2.31. The molecular weight excluding hydrogens is 205 g/mol. The van der Waals surface area contributed by atoms with Gasteiger partial charge in [-0.25, -0.2) is 4.39 Å². The summed E-state index contributed by atoms with van der Waals surface area (Å²) in [6, 6.07) is 8.34. The number of furan rings is 1. The van der Waals surface area contributed by atoms with Gasteiger partial charge in [0.15, 0.2) is 0 Å². The molecule has 0 atom stereocenters. The number of benzene rings is 1. The van der Waals surface area contributed by atoms with Gasteiger partial charge in [0.05, 0.1) is 12.8 Å². The molecule has 16 heavy (non-hydrogen) atoms. The number of hydrogen-bond donors (Lipinski definition) is 1. The van der Waals surface area contributed by atoms with Crippen molar-refractivity contribution in [1.82, 2.24) is 5.32 Å². The van der Waals surface area contributed by atoms with Crippen LogP contribution in [0.3, 0.4) is 0 Å².